The van der Waals surface area contributed by atoms with E-state index in [2.05, 4.69) is 20.8 Å². The number of carbonyl (C=O) groups is 1. The van der Waals surface area contributed by atoms with Crippen molar-refractivity contribution in [2.24, 2.45) is 5.92 Å². The largest absolute Gasteiger partial charge is 0.494 e. The molecule has 1 aliphatic rings. The normalized spacial score (nSPS) is 20.2. The Hall–Kier alpha value is -1.55. The van der Waals surface area contributed by atoms with Crippen LogP contribution < -0.4 is 4.74 Å². The molecule has 1 fully saturated rings. The van der Waals surface area contributed by atoms with Crippen LogP contribution in [0.5, 0.6) is 5.75 Å². The molecule has 0 saturated heterocycles. The lowest BCUT2D eigenvalue weighted by molar-refractivity contribution is -0.156. The molecule has 4 nitrogen and oxygen atoms in total. The Morgan fingerprint density at radius 1 is 0.931 bits per heavy atom. The van der Waals surface area contributed by atoms with E-state index in [1.807, 2.05) is 24.3 Å². The fourth-order valence-electron chi connectivity index (χ4n) is 3.80. The standard InChI is InChI=1S/C25H40O4/c1-4-7-9-19-28-23-16-12-21(13-17-23)25(26)29-24(6-3)20-10-14-22(15-11-20)27-18-8-5-2/h10-11,14-15,21,23-24H,4-9,12-13,16-19H2,1-3H3. The molecule has 2 rings (SSSR count). The van der Waals surface area contributed by atoms with E-state index in [9.17, 15) is 4.79 Å². The summed E-state index contributed by atoms with van der Waals surface area (Å²) >= 11 is 0. The maximum Gasteiger partial charge on any atom is 0.309 e. The lowest BCUT2D eigenvalue weighted by atomic mass is 9.87. The number of carbonyl (C=O) groups excluding carboxylic acids is 1. The molecule has 0 N–H and O–H groups in total. The van der Waals surface area contributed by atoms with Gasteiger partial charge in [0, 0.05) is 6.61 Å². The molecule has 0 spiro atoms. The molecule has 0 radical (unpaired) electrons. The van der Waals surface area contributed by atoms with Crippen molar-refractivity contribution in [3.05, 3.63) is 29.8 Å². The number of ether oxygens (including phenoxy) is 3. The average Bonchev–Trinajstić information content (AvgIpc) is 2.76. The minimum Gasteiger partial charge on any atom is -0.494 e. The van der Waals surface area contributed by atoms with Gasteiger partial charge in [0.2, 0.25) is 0 Å². The van der Waals surface area contributed by atoms with Crippen molar-refractivity contribution in [2.45, 2.75) is 97.2 Å². The molecule has 0 aromatic heterocycles. The molecule has 1 aromatic carbocycles. The summed E-state index contributed by atoms with van der Waals surface area (Å²) in [7, 11) is 0. The van der Waals surface area contributed by atoms with Gasteiger partial charge in [-0.2, -0.15) is 0 Å². The summed E-state index contributed by atoms with van der Waals surface area (Å²) in [5.74, 6) is 0.835. The Balaban J connectivity index is 1.76. The molecule has 0 bridgehead atoms. The second kappa shape index (κ2) is 13.6. The van der Waals surface area contributed by atoms with Crippen LogP contribution in [0.2, 0.25) is 0 Å². The molecular formula is C25H40O4. The summed E-state index contributed by atoms with van der Waals surface area (Å²) in [5, 5.41) is 0. The van der Waals surface area contributed by atoms with Crippen LogP contribution in [-0.4, -0.2) is 25.3 Å². The first-order valence-corrected chi connectivity index (χ1v) is 11.7. The maximum absolute atomic E-state index is 12.7. The molecule has 164 valence electrons. The van der Waals surface area contributed by atoms with Gasteiger partial charge in [-0.1, -0.05) is 52.2 Å². The highest BCUT2D eigenvalue weighted by Gasteiger charge is 2.29. The van der Waals surface area contributed by atoms with Crippen molar-refractivity contribution >= 4 is 5.97 Å². The molecule has 1 atom stereocenters. The second-order valence-corrected chi connectivity index (χ2v) is 8.16. The Labute approximate surface area is 177 Å². The molecule has 1 saturated carbocycles. The van der Waals surface area contributed by atoms with Gasteiger partial charge in [0.25, 0.3) is 0 Å². The quantitative estimate of drug-likeness (QED) is 0.273. The first kappa shape index (κ1) is 23.7. The maximum atomic E-state index is 12.7. The zero-order valence-corrected chi connectivity index (χ0v) is 18.7. The van der Waals surface area contributed by atoms with Gasteiger partial charge in [-0.15, -0.1) is 0 Å². The van der Waals surface area contributed by atoms with Gasteiger partial charge in [-0.05, 0) is 62.6 Å². The lowest BCUT2D eigenvalue weighted by Gasteiger charge is -2.28. The zero-order chi connectivity index (χ0) is 20.9. The van der Waals surface area contributed by atoms with Gasteiger partial charge < -0.3 is 14.2 Å². The Kier molecular flexibility index (Phi) is 11.2. The summed E-state index contributed by atoms with van der Waals surface area (Å²) in [6.45, 7) is 8.01. The number of rotatable bonds is 13. The molecule has 1 unspecified atom stereocenters. The number of hydrogen-bond donors (Lipinski definition) is 0. The smallest absolute Gasteiger partial charge is 0.309 e. The minimum absolute atomic E-state index is 0.0104. The van der Waals surface area contributed by atoms with Crippen LogP contribution in [-0.2, 0) is 14.3 Å². The van der Waals surface area contributed by atoms with Crippen LogP contribution >= 0.6 is 0 Å². The predicted molar refractivity (Wildman–Crippen MR) is 117 cm³/mol. The van der Waals surface area contributed by atoms with Gasteiger partial charge in [0.05, 0.1) is 18.6 Å². The summed E-state index contributed by atoms with van der Waals surface area (Å²) in [4.78, 5) is 12.7. The average molecular weight is 405 g/mol. The third-order valence-corrected chi connectivity index (χ3v) is 5.76. The highest BCUT2D eigenvalue weighted by Crippen LogP contribution is 2.31. The molecule has 29 heavy (non-hydrogen) atoms. The third-order valence-electron chi connectivity index (χ3n) is 5.76. The van der Waals surface area contributed by atoms with Crippen LogP contribution in [0, 0.1) is 5.92 Å². The van der Waals surface area contributed by atoms with Crippen molar-refractivity contribution < 1.29 is 19.0 Å². The molecule has 0 heterocycles. The molecular weight excluding hydrogens is 364 g/mol. The predicted octanol–water partition coefficient (Wildman–Crippen LogP) is 6.63. The summed E-state index contributed by atoms with van der Waals surface area (Å²) < 4.78 is 17.6. The molecule has 4 heteroatoms. The minimum atomic E-state index is -0.185. The molecule has 0 amide bonds. The van der Waals surface area contributed by atoms with Gasteiger partial charge in [-0.25, -0.2) is 0 Å². The fourth-order valence-corrected chi connectivity index (χ4v) is 3.80. The summed E-state index contributed by atoms with van der Waals surface area (Å²) in [6, 6.07) is 7.98. The lowest BCUT2D eigenvalue weighted by Crippen LogP contribution is -2.28. The first-order chi connectivity index (χ1) is 14.2. The van der Waals surface area contributed by atoms with E-state index < -0.39 is 0 Å². The number of unbranched alkanes of at least 4 members (excludes halogenated alkanes) is 3. The third kappa shape index (κ3) is 8.38. The molecule has 1 aromatic rings. The zero-order valence-electron chi connectivity index (χ0n) is 18.7. The van der Waals surface area contributed by atoms with Gasteiger partial charge >= 0.3 is 5.97 Å². The van der Waals surface area contributed by atoms with Gasteiger partial charge in [-0.3, -0.25) is 4.79 Å². The van der Waals surface area contributed by atoms with E-state index in [-0.39, 0.29) is 18.0 Å². The Morgan fingerprint density at radius 3 is 2.24 bits per heavy atom. The van der Waals surface area contributed by atoms with E-state index >= 15 is 0 Å². The van der Waals surface area contributed by atoms with Crippen LogP contribution in [0.15, 0.2) is 24.3 Å². The van der Waals surface area contributed by atoms with Crippen LogP contribution in [0.25, 0.3) is 0 Å². The van der Waals surface area contributed by atoms with Crippen molar-refractivity contribution in [3.8, 4) is 5.75 Å². The SMILES string of the molecule is CCCCCOC1CCC(C(=O)OC(CC)c2ccc(OCCCC)cc2)CC1. The van der Waals surface area contributed by atoms with Crippen molar-refractivity contribution in [1.29, 1.82) is 0 Å². The van der Waals surface area contributed by atoms with Gasteiger partial charge in [0.15, 0.2) is 0 Å². The highest BCUT2D eigenvalue weighted by atomic mass is 16.5. The van der Waals surface area contributed by atoms with Crippen molar-refractivity contribution in [2.75, 3.05) is 13.2 Å². The summed E-state index contributed by atoms with van der Waals surface area (Å²) in [6.07, 6.45) is 10.3. The molecule has 1 aliphatic carbocycles. The van der Waals surface area contributed by atoms with Crippen molar-refractivity contribution in [1.82, 2.24) is 0 Å². The molecule has 0 aliphatic heterocycles. The second-order valence-electron chi connectivity index (χ2n) is 8.16. The van der Waals surface area contributed by atoms with E-state index in [4.69, 9.17) is 14.2 Å². The van der Waals surface area contributed by atoms with Crippen molar-refractivity contribution in [3.63, 3.8) is 0 Å². The summed E-state index contributed by atoms with van der Waals surface area (Å²) in [5.41, 5.74) is 1.04. The Bertz CT molecular complexity index is 561. The number of esters is 1. The van der Waals surface area contributed by atoms with Crippen LogP contribution in [0.4, 0.5) is 0 Å². The monoisotopic (exact) mass is 404 g/mol. The first-order valence-electron chi connectivity index (χ1n) is 11.7. The van der Waals surface area contributed by atoms with E-state index in [1.54, 1.807) is 0 Å². The van der Waals surface area contributed by atoms with Crippen LogP contribution in [0.1, 0.15) is 96.6 Å². The van der Waals surface area contributed by atoms with E-state index in [0.717, 1.165) is 75.9 Å². The highest BCUT2D eigenvalue weighted by molar-refractivity contribution is 5.72. The number of hydrogen-bond acceptors (Lipinski definition) is 4. The number of benzene rings is 1. The van der Waals surface area contributed by atoms with E-state index in [1.165, 1.54) is 12.8 Å². The van der Waals surface area contributed by atoms with Gasteiger partial charge in [0.1, 0.15) is 11.9 Å². The Morgan fingerprint density at radius 2 is 1.62 bits per heavy atom. The van der Waals surface area contributed by atoms with Crippen LogP contribution in [0.3, 0.4) is 0 Å². The topological polar surface area (TPSA) is 44.8 Å². The fraction of sp³-hybridized carbons (Fsp3) is 0.720. The van der Waals surface area contributed by atoms with E-state index in [0.29, 0.717) is 6.10 Å².